The zero-order valence-electron chi connectivity index (χ0n) is 14.4. The van der Waals surface area contributed by atoms with Crippen molar-refractivity contribution in [3.8, 4) is 0 Å². The van der Waals surface area contributed by atoms with E-state index >= 15 is 0 Å². The monoisotopic (exact) mass is 350 g/mol. The van der Waals surface area contributed by atoms with Crippen molar-refractivity contribution in [1.29, 1.82) is 0 Å². The molecule has 0 spiro atoms. The number of aryl methyl sites for hydroxylation is 1. The number of halogens is 1. The molecule has 1 heterocycles. The normalized spacial score (nSPS) is 13.0. The third kappa shape index (κ3) is 4.69. The minimum atomic E-state index is -0.122. The molecule has 0 aliphatic rings. The Morgan fingerprint density at radius 3 is 2.88 bits per heavy atom. The Morgan fingerprint density at radius 1 is 1.50 bits per heavy atom. The molecule has 0 amide bonds. The lowest BCUT2D eigenvalue weighted by atomic mass is 10.1. The lowest BCUT2D eigenvalue weighted by molar-refractivity contribution is 0.106. The summed E-state index contributed by atoms with van der Waals surface area (Å²) in [4.78, 5) is 10.5. The maximum absolute atomic E-state index is 6.06. The second-order valence-corrected chi connectivity index (χ2v) is 5.80. The molecule has 8 heteroatoms. The molecule has 0 saturated heterocycles. The number of methoxy groups -OCH3 is 1. The van der Waals surface area contributed by atoms with Crippen LogP contribution >= 0.6 is 11.6 Å². The Bertz CT molecular complexity index is 687. The lowest BCUT2D eigenvalue weighted by Crippen LogP contribution is -2.41. The maximum Gasteiger partial charge on any atom is 0.193 e. The Balaban J connectivity index is 1.98. The van der Waals surface area contributed by atoms with Gasteiger partial charge in [0.05, 0.1) is 12.6 Å². The lowest BCUT2D eigenvalue weighted by Gasteiger charge is -2.24. The molecule has 1 unspecified atom stereocenters. The molecular formula is C16H23ClN6O. The Kier molecular flexibility index (Phi) is 6.57. The van der Waals surface area contributed by atoms with Gasteiger partial charge in [0.1, 0.15) is 12.2 Å². The smallest absolute Gasteiger partial charge is 0.193 e. The van der Waals surface area contributed by atoms with Crippen molar-refractivity contribution in [2.75, 3.05) is 27.7 Å². The molecule has 24 heavy (non-hydrogen) atoms. The van der Waals surface area contributed by atoms with Crippen molar-refractivity contribution in [3.05, 3.63) is 47.0 Å². The van der Waals surface area contributed by atoms with E-state index in [1.54, 1.807) is 25.2 Å². The molecule has 0 fully saturated rings. The largest absolute Gasteiger partial charge is 0.375 e. The van der Waals surface area contributed by atoms with E-state index in [4.69, 9.17) is 16.3 Å². The van der Waals surface area contributed by atoms with Crippen LogP contribution in [0.1, 0.15) is 17.5 Å². The molecule has 1 N–H and O–H groups in total. The summed E-state index contributed by atoms with van der Waals surface area (Å²) in [7, 11) is 7.24. The topological polar surface area (TPSA) is 67.6 Å². The van der Waals surface area contributed by atoms with E-state index in [9.17, 15) is 0 Å². The standard InChI is InChI=1S/C16H23ClN6O/c1-18-16(22(2)10-15-20-11-21-23(15)3)19-9-14(24-4)12-6-5-7-13(17)8-12/h5-8,11,14H,9-10H2,1-4H3,(H,18,19). The summed E-state index contributed by atoms with van der Waals surface area (Å²) in [6, 6.07) is 7.66. The van der Waals surface area contributed by atoms with Gasteiger partial charge in [0.15, 0.2) is 5.96 Å². The van der Waals surface area contributed by atoms with Crippen LogP contribution in [0.2, 0.25) is 5.02 Å². The number of hydrogen-bond acceptors (Lipinski definition) is 4. The van der Waals surface area contributed by atoms with E-state index < -0.39 is 0 Å². The van der Waals surface area contributed by atoms with E-state index in [0.717, 1.165) is 17.3 Å². The molecule has 0 aliphatic heterocycles. The summed E-state index contributed by atoms with van der Waals surface area (Å²) < 4.78 is 7.31. The van der Waals surface area contributed by atoms with Crippen molar-refractivity contribution < 1.29 is 4.74 Å². The van der Waals surface area contributed by atoms with Gasteiger partial charge in [-0.15, -0.1) is 0 Å². The van der Waals surface area contributed by atoms with Crippen LogP contribution in [0.4, 0.5) is 0 Å². The number of aromatic nitrogens is 3. The predicted octanol–water partition coefficient (Wildman–Crippen LogP) is 1.86. The number of aliphatic imine (C=N–C) groups is 1. The van der Waals surface area contributed by atoms with Crippen LogP contribution < -0.4 is 5.32 Å². The molecule has 0 bridgehead atoms. The molecule has 0 aliphatic carbocycles. The van der Waals surface area contributed by atoms with E-state index in [0.29, 0.717) is 18.1 Å². The van der Waals surface area contributed by atoms with Crippen molar-refractivity contribution in [3.63, 3.8) is 0 Å². The molecule has 1 aromatic carbocycles. The third-order valence-electron chi connectivity index (χ3n) is 3.71. The highest BCUT2D eigenvalue weighted by molar-refractivity contribution is 6.30. The van der Waals surface area contributed by atoms with Gasteiger partial charge in [-0.2, -0.15) is 5.10 Å². The second kappa shape index (κ2) is 8.65. The average Bonchev–Trinajstić information content (AvgIpc) is 2.96. The fourth-order valence-corrected chi connectivity index (χ4v) is 2.56. The van der Waals surface area contributed by atoms with Crippen LogP contribution in [-0.4, -0.2) is 53.4 Å². The number of nitrogens with one attached hydrogen (secondary N) is 1. The quantitative estimate of drug-likeness (QED) is 0.636. The first kappa shape index (κ1) is 18.2. The third-order valence-corrected chi connectivity index (χ3v) is 3.94. The molecule has 0 radical (unpaired) electrons. The molecule has 1 atom stereocenters. The molecule has 7 nitrogen and oxygen atoms in total. The zero-order valence-corrected chi connectivity index (χ0v) is 15.2. The highest BCUT2D eigenvalue weighted by Gasteiger charge is 2.14. The van der Waals surface area contributed by atoms with Crippen molar-refractivity contribution >= 4 is 17.6 Å². The van der Waals surface area contributed by atoms with Gasteiger partial charge in [-0.3, -0.25) is 9.67 Å². The first-order valence-corrected chi connectivity index (χ1v) is 7.95. The van der Waals surface area contributed by atoms with Crippen LogP contribution in [0.5, 0.6) is 0 Å². The highest BCUT2D eigenvalue weighted by Crippen LogP contribution is 2.19. The number of ether oxygens (including phenoxy) is 1. The fourth-order valence-electron chi connectivity index (χ4n) is 2.36. The molecule has 2 rings (SSSR count). The summed E-state index contributed by atoms with van der Waals surface area (Å²) in [5.74, 6) is 1.61. The van der Waals surface area contributed by atoms with Crippen molar-refractivity contribution in [2.45, 2.75) is 12.6 Å². The van der Waals surface area contributed by atoms with E-state index in [2.05, 4.69) is 20.4 Å². The van der Waals surface area contributed by atoms with Crippen LogP contribution in [0.25, 0.3) is 0 Å². The Hall–Kier alpha value is -2.12. The summed E-state index contributed by atoms with van der Waals surface area (Å²) in [6.07, 6.45) is 1.42. The SMILES string of the molecule is CN=C(NCC(OC)c1cccc(Cl)c1)N(C)Cc1ncnn1C. The highest BCUT2D eigenvalue weighted by atomic mass is 35.5. The molecule has 2 aromatic rings. The Labute approximate surface area is 147 Å². The van der Waals surface area contributed by atoms with Gasteiger partial charge in [0, 0.05) is 39.8 Å². The van der Waals surface area contributed by atoms with Crippen molar-refractivity contribution in [1.82, 2.24) is 25.0 Å². The van der Waals surface area contributed by atoms with Crippen LogP contribution in [0.3, 0.4) is 0 Å². The average molecular weight is 351 g/mol. The first-order chi connectivity index (χ1) is 11.5. The van der Waals surface area contributed by atoms with Gasteiger partial charge in [0.2, 0.25) is 0 Å². The van der Waals surface area contributed by atoms with Crippen LogP contribution in [0.15, 0.2) is 35.6 Å². The molecule has 0 saturated carbocycles. The van der Waals surface area contributed by atoms with Gasteiger partial charge in [-0.1, -0.05) is 23.7 Å². The minimum Gasteiger partial charge on any atom is -0.375 e. The summed E-state index contributed by atoms with van der Waals surface area (Å²) >= 11 is 6.06. The van der Waals surface area contributed by atoms with Gasteiger partial charge in [-0.25, -0.2) is 4.98 Å². The second-order valence-electron chi connectivity index (χ2n) is 5.36. The van der Waals surface area contributed by atoms with Crippen LogP contribution in [0, 0.1) is 0 Å². The van der Waals surface area contributed by atoms with Crippen LogP contribution in [-0.2, 0) is 18.3 Å². The first-order valence-electron chi connectivity index (χ1n) is 7.58. The molecule has 1 aromatic heterocycles. The number of nitrogens with zero attached hydrogens (tertiary/aromatic N) is 5. The summed E-state index contributed by atoms with van der Waals surface area (Å²) in [6.45, 7) is 1.18. The van der Waals surface area contributed by atoms with Gasteiger partial charge in [0.25, 0.3) is 0 Å². The number of guanidine groups is 1. The number of hydrogen-bond donors (Lipinski definition) is 1. The van der Waals surface area contributed by atoms with E-state index in [1.165, 1.54) is 0 Å². The fraction of sp³-hybridized carbons (Fsp3) is 0.438. The van der Waals surface area contributed by atoms with Gasteiger partial charge < -0.3 is 15.0 Å². The maximum atomic E-state index is 6.06. The van der Waals surface area contributed by atoms with E-state index in [1.807, 2.05) is 43.3 Å². The predicted molar refractivity (Wildman–Crippen MR) is 95.0 cm³/mol. The molecular weight excluding hydrogens is 328 g/mol. The molecule has 130 valence electrons. The summed E-state index contributed by atoms with van der Waals surface area (Å²) in [5, 5.41) is 8.09. The van der Waals surface area contributed by atoms with Crippen molar-refractivity contribution in [2.24, 2.45) is 12.0 Å². The zero-order chi connectivity index (χ0) is 17.5. The Morgan fingerprint density at radius 2 is 2.29 bits per heavy atom. The van der Waals surface area contributed by atoms with Gasteiger partial charge >= 0.3 is 0 Å². The number of rotatable bonds is 6. The minimum absolute atomic E-state index is 0.122. The summed E-state index contributed by atoms with van der Waals surface area (Å²) in [5.41, 5.74) is 1.02. The van der Waals surface area contributed by atoms with E-state index in [-0.39, 0.29) is 6.10 Å². The number of benzene rings is 1. The van der Waals surface area contributed by atoms with Gasteiger partial charge in [-0.05, 0) is 17.7 Å².